The second kappa shape index (κ2) is 5.73. The molecule has 0 spiro atoms. The van der Waals surface area contributed by atoms with E-state index in [1.807, 2.05) is 0 Å². The Morgan fingerprint density at radius 3 is 2.67 bits per heavy atom. The highest BCUT2D eigenvalue weighted by Gasteiger charge is 2.33. The third-order valence-corrected chi connectivity index (χ3v) is 4.70. The van der Waals surface area contributed by atoms with Gasteiger partial charge in [0, 0.05) is 18.1 Å². The summed E-state index contributed by atoms with van der Waals surface area (Å²) in [5.74, 6) is 0. The van der Waals surface area contributed by atoms with Gasteiger partial charge in [0.15, 0.2) is 5.69 Å². The fourth-order valence-electron chi connectivity index (χ4n) is 1.42. The molecule has 0 bridgehead atoms. The van der Waals surface area contributed by atoms with Gasteiger partial charge >= 0.3 is 6.18 Å². The molecule has 0 amide bonds. The summed E-state index contributed by atoms with van der Waals surface area (Å²) < 4.78 is 64.6. The lowest BCUT2D eigenvalue weighted by Gasteiger charge is -2.02. The lowest BCUT2D eigenvalue weighted by atomic mass is 10.5. The number of nitrogens with one attached hydrogen (secondary N) is 1. The highest BCUT2D eigenvalue weighted by Crippen LogP contribution is 2.30. The summed E-state index contributed by atoms with van der Waals surface area (Å²) in [6, 6.07) is 0. The fourth-order valence-corrected chi connectivity index (χ4v) is 3.19. The van der Waals surface area contributed by atoms with Crippen LogP contribution in [0.25, 0.3) is 0 Å². The van der Waals surface area contributed by atoms with Crippen molar-refractivity contribution in [2.24, 2.45) is 0 Å². The van der Waals surface area contributed by atoms with Crippen molar-refractivity contribution in [3.05, 3.63) is 28.5 Å². The van der Waals surface area contributed by atoms with E-state index in [0.29, 0.717) is 6.54 Å². The van der Waals surface area contributed by atoms with Gasteiger partial charge in [0.1, 0.15) is 9.90 Å². The molecule has 0 aliphatic rings. The molecule has 0 saturated heterocycles. The van der Waals surface area contributed by atoms with Crippen LogP contribution in [0, 0.1) is 0 Å². The quantitative estimate of drug-likeness (QED) is 0.901. The first kappa shape index (κ1) is 15.9. The van der Waals surface area contributed by atoms with Crippen molar-refractivity contribution in [2.45, 2.75) is 31.1 Å². The van der Waals surface area contributed by atoms with Crippen LogP contribution >= 0.6 is 11.3 Å². The third-order valence-electron chi connectivity index (χ3n) is 2.50. The minimum atomic E-state index is -4.53. The van der Waals surface area contributed by atoms with Crippen LogP contribution in [-0.4, -0.2) is 23.2 Å². The summed E-state index contributed by atoms with van der Waals surface area (Å²) >= 11 is 0.743. The minimum absolute atomic E-state index is 0.0359. The highest BCUT2D eigenvalue weighted by atomic mass is 32.2. The lowest BCUT2D eigenvalue weighted by Crippen LogP contribution is -2.23. The first-order chi connectivity index (χ1) is 9.72. The minimum Gasteiger partial charge on any atom is -0.272 e. The molecule has 2 rings (SSSR count). The van der Waals surface area contributed by atoms with Crippen molar-refractivity contribution in [2.75, 3.05) is 0 Å². The summed E-state index contributed by atoms with van der Waals surface area (Å²) in [5.41, 5.74) is -1.03. The predicted octanol–water partition coefficient (Wildman–Crippen LogP) is 1.86. The number of thiazole rings is 1. The summed E-state index contributed by atoms with van der Waals surface area (Å²) in [6.07, 6.45) is -2.02. The highest BCUT2D eigenvalue weighted by molar-refractivity contribution is 7.89. The van der Waals surface area contributed by atoms with Gasteiger partial charge in [-0.1, -0.05) is 0 Å². The Hall–Kier alpha value is -1.46. The smallest absolute Gasteiger partial charge is 0.272 e. The zero-order chi connectivity index (χ0) is 15.7. The van der Waals surface area contributed by atoms with E-state index in [0.717, 1.165) is 16.7 Å². The van der Waals surface area contributed by atoms with Gasteiger partial charge in [0.25, 0.3) is 0 Å². The van der Waals surface area contributed by atoms with E-state index >= 15 is 0 Å². The third kappa shape index (κ3) is 3.80. The number of aryl methyl sites for hydroxylation is 1. The molecule has 11 heteroatoms. The van der Waals surface area contributed by atoms with Gasteiger partial charge < -0.3 is 0 Å². The van der Waals surface area contributed by atoms with E-state index in [9.17, 15) is 21.6 Å². The topological polar surface area (TPSA) is 76.9 Å². The molecule has 0 atom stereocenters. The Morgan fingerprint density at radius 1 is 1.43 bits per heavy atom. The van der Waals surface area contributed by atoms with E-state index in [2.05, 4.69) is 14.8 Å². The number of aromatic nitrogens is 3. The Bertz CT molecular complexity index is 721. The second-order valence-corrected chi connectivity index (χ2v) is 6.69. The molecule has 2 heterocycles. The van der Waals surface area contributed by atoms with Crippen LogP contribution < -0.4 is 4.72 Å². The van der Waals surface area contributed by atoms with Crippen LogP contribution in [-0.2, 0) is 29.3 Å². The zero-order valence-corrected chi connectivity index (χ0v) is 12.4. The van der Waals surface area contributed by atoms with Crippen molar-refractivity contribution in [1.82, 2.24) is 19.5 Å². The molecule has 0 aliphatic carbocycles. The van der Waals surface area contributed by atoms with Gasteiger partial charge in [-0.2, -0.15) is 18.3 Å². The summed E-state index contributed by atoms with van der Waals surface area (Å²) in [4.78, 5) is 3.30. The number of hydrogen-bond donors (Lipinski definition) is 1. The van der Waals surface area contributed by atoms with Crippen LogP contribution in [0.15, 0.2) is 22.7 Å². The summed E-state index contributed by atoms with van der Waals surface area (Å²) in [7, 11) is -3.82. The molecule has 1 N–H and O–H groups in total. The summed E-state index contributed by atoms with van der Waals surface area (Å²) in [6.45, 7) is 2.00. The number of nitrogens with zero attached hydrogens (tertiary/aromatic N) is 3. The van der Waals surface area contributed by atoms with Crippen LogP contribution in [0.3, 0.4) is 0 Å². The molecular weight excluding hydrogens is 329 g/mol. The molecule has 6 nitrogen and oxygen atoms in total. The van der Waals surface area contributed by atoms with E-state index in [1.165, 1.54) is 17.1 Å². The molecule has 0 radical (unpaired) electrons. The van der Waals surface area contributed by atoms with Gasteiger partial charge in [-0.3, -0.25) is 4.68 Å². The number of halogens is 3. The molecule has 2 aromatic rings. The molecular formula is C10H11F3N4O2S2. The SMILES string of the molecule is CCn1cc(S(=O)(=O)NCc2nc(C(F)(F)F)cs2)cn1. The van der Waals surface area contributed by atoms with Gasteiger partial charge in [-0.25, -0.2) is 18.1 Å². The molecule has 0 aliphatic heterocycles. The first-order valence-electron chi connectivity index (χ1n) is 5.76. The molecule has 21 heavy (non-hydrogen) atoms. The van der Waals surface area contributed by atoms with Gasteiger partial charge in [0.2, 0.25) is 10.0 Å². The Kier molecular flexibility index (Phi) is 4.35. The normalized spacial score (nSPS) is 12.8. The average molecular weight is 340 g/mol. The largest absolute Gasteiger partial charge is 0.434 e. The first-order valence-corrected chi connectivity index (χ1v) is 8.12. The van der Waals surface area contributed by atoms with Crippen LogP contribution in [0.4, 0.5) is 13.2 Å². The van der Waals surface area contributed by atoms with Crippen LogP contribution in [0.1, 0.15) is 17.6 Å². The maximum atomic E-state index is 12.4. The van der Waals surface area contributed by atoms with Crippen molar-refractivity contribution in [3.8, 4) is 0 Å². The number of alkyl halides is 3. The Morgan fingerprint density at radius 2 is 2.14 bits per heavy atom. The van der Waals surface area contributed by atoms with Crippen molar-refractivity contribution < 1.29 is 21.6 Å². The van der Waals surface area contributed by atoms with Crippen LogP contribution in [0.2, 0.25) is 0 Å². The van der Waals surface area contributed by atoms with Crippen molar-refractivity contribution in [1.29, 1.82) is 0 Å². The van der Waals surface area contributed by atoms with Crippen molar-refractivity contribution in [3.63, 3.8) is 0 Å². The van der Waals surface area contributed by atoms with Crippen LogP contribution in [0.5, 0.6) is 0 Å². The molecule has 0 fully saturated rings. The molecule has 2 aromatic heterocycles. The van der Waals surface area contributed by atoms with Gasteiger partial charge in [0.05, 0.1) is 12.7 Å². The number of rotatable bonds is 5. The number of hydrogen-bond acceptors (Lipinski definition) is 5. The monoisotopic (exact) mass is 340 g/mol. The fraction of sp³-hybridized carbons (Fsp3) is 0.400. The van der Waals surface area contributed by atoms with E-state index in [-0.39, 0.29) is 16.4 Å². The lowest BCUT2D eigenvalue weighted by molar-refractivity contribution is -0.140. The zero-order valence-electron chi connectivity index (χ0n) is 10.8. The van der Waals surface area contributed by atoms with Gasteiger partial charge in [-0.15, -0.1) is 11.3 Å². The number of sulfonamides is 1. The Balaban J connectivity index is 2.06. The summed E-state index contributed by atoms with van der Waals surface area (Å²) in [5, 5.41) is 4.71. The maximum absolute atomic E-state index is 12.4. The maximum Gasteiger partial charge on any atom is 0.434 e. The molecule has 0 aromatic carbocycles. The molecule has 0 saturated carbocycles. The standard InChI is InChI=1S/C10H11F3N4O2S2/c1-2-17-5-7(3-14-17)21(18,19)15-4-9-16-8(6-20-9)10(11,12)13/h3,5-6,15H,2,4H2,1H3. The van der Waals surface area contributed by atoms with E-state index < -0.39 is 21.9 Å². The van der Waals surface area contributed by atoms with E-state index in [1.54, 1.807) is 6.92 Å². The second-order valence-electron chi connectivity index (χ2n) is 3.98. The predicted molar refractivity (Wildman–Crippen MR) is 69.0 cm³/mol. The van der Waals surface area contributed by atoms with E-state index in [4.69, 9.17) is 0 Å². The van der Waals surface area contributed by atoms with Crippen molar-refractivity contribution >= 4 is 21.4 Å². The van der Waals surface area contributed by atoms with Gasteiger partial charge in [-0.05, 0) is 6.92 Å². The molecule has 116 valence electrons. The molecule has 0 unspecified atom stereocenters. The Labute approximate surface area is 122 Å². The average Bonchev–Trinajstić information content (AvgIpc) is 3.05.